The SMILES string of the molecule is COc1ccc(C(=O)N(CCN(C)C)c2nc3c(F)cc(F)cc3s2)cc1.Cl. The van der Waals surface area contributed by atoms with Gasteiger partial charge in [0.25, 0.3) is 5.91 Å². The molecule has 5 nitrogen and oxygen atoms in total. The molecule has 28 heavy (non-hydrogen) atoms. The standard InChI is InChI=1S/C19H19F2N3O2S.ClH/c1-23(2)8-9-24(18(25)12-4-6-14(26-3)7-5-12)19-22-17-15(21)10-13(20)11-16(17)27-19;/h4-7,10-11H,8-9H2,1-3H3;1H. The smallest absolute Gasteiger partial charge is 0.260 e. The Morgan fingerprint density at radius 3 is 2.43 bits per heavy atom. The first-order chi connectivity index (χ1) is 12.9. The third-order valence-electron chi connectivity index (χ3n) is 3.99. The Morgan fingerprint density at radius 1 is 1.14 bits per heavy atom. The number of likely N-dealkylation sites (N-methyl/N-ethyl adjacent to an activating group) is 1. The second kappa shape index (κ2) is 9.27. The second-order valence-corrected chi connectivity index (χ2v) is 7.23. The molecule has 1 heterocycles. The first-order valence-corrected chi connectivity index (χ1v) is 9.07. The van der Waals surface area contributed by atoms with Gasteiger partial charge >= 0.3 is 0 Å². The van der Waals surface area contributed by atoms with E-state index in [0.717, 1.165) is 17.4 Å². The highest BCUT2D eigenvalue weighted by atomic mass is 35.5. The number of hydrogen-bond donors (Lipinski definition) is 0. The Bertz CT molecular complexity index is 964. The lowest BCUT2D eigenvalue weighted by molar-refractivity contribution is 0.0985. The van der Waals surface area contributed by atoms with E-state index >= 15 is 0 Å². The van der Waals surface area contributed by atoms with E-state index in [1.54, 1.807) is 31.4 Å². The molecule has 0 spiro atoms. The average Bonchev–Trinajstić information content (AvgIpc) is 3.05. The molecule has 0 atom stereocenters. The number of aromatic nitrogens is 1. The second-order valence-electron chi connectivity index (χ2n) is 6.22. The predicted octanol–water partition coefficient (Wildman–Crippen LogP) is 4.21. The summed E-state index contributed by atoms with van der Waals surface area (Å²) in [7, 11) is 5.34. The minimum atomic E-state index is -0.739. The molecular weight excluding hydrogens is 408 g/mol. The highest BCUT2D eigenvalue weighted by molar-refractivity contribution is 7.22. The molecule has 0 radical (unpaired) electrons. The molecule has 0 aliphatic rings. The van der Waals surface area contributed by atoms with Crippen LogP contribution in [0.2, 0.25) is 0 Å². The van der Waals surface area contributed by atoms with Crippen LogP contribution in [0.1, 0.15) is 10.4 Å². The lowest BCUT2D eigenvalue weighted by Gasteiger charge is -2.22. The van der Waals surface area contributed by atoms with Crippen molar-refractivity contribution in [3.63, 3.8) is 0 Å². The molecule has 1 aromatic heterocycles. The van der Waals surface area contributed by atoms with Crippen LogP contribution in [0.4, 0.5) is 13.9 Å². The van der Waals surface area contributed by atoms with Gasteiger partial charge in [0, 0.05) is 24.7 Å². The summed E-state index contributed by atoms with van der Waals surface area (Å²) in [5.74, 6) is -1.03. The molecule has 0 unspecified atom stereocenters. The average molecular weight is 428 g/mol. The molecule has 0 aliphatic heterocycles. The molecule has 2 aromatic carbocycles. The number of halogens is 3. The number of rotatable bonds is 6. The van der Waals surface area contributed by atoms with Crippen molar-refractivity contribution in [1.29, 1.82) is 0 Å². The summed E-state index contributed by atoms with van der Waals surface area (Å²) < 4.78 is 33.0. The van der Waals surface area contributed by atoms with E-state index in [2.05, 4.69) is 4.98 Å². The number of anilines is 1. The first kappa shape index (κ1) is 22.0. The number of carbonyl (C=O) groups is 1. The number of benzene rings is 2. The van der Waals surface area contributed by atoms with E-state index in [9.17, 15) is 13.6 Å². The molecule has 9 heteroatoms. The normalized spacial score (nSPS) is 10.8. The topological polar surface area (TPSA) is 45.7 Å². The summed E-state index contributed by atoms with van der Waals surface area (Å²) in [6, 6.07) is 8.74. The van der Waals surface area contributed by atoms with Gasteiger partial charge in [-0.2, -0.15) is 0 Å². The van der Waals surface area contributed by atoms with E-state index in [0.29, 0.717) is 34.2 Å². The molecule has 3 aromatic rings. The Balaban J connectivity index is 0.00000280. The van der Waals surface area contributed by atoms with Crippen molar-refractivity contribution in [2.45, 2.75) is 0 Å². The number of nitrogens with zero attached hydrogens (tertiary/aromatic N) is 3. The molecular formula is C19H20ClF2N3O2S. The van der Waals surface area contributed by atoms with Crippen LogP contribution >= 0.6 is 23.7 Å². The van der Waals surface area contributed by atoms with E-state index in [1.165, 1.54) is 11.0 Å². The zero-order valence-corrected chi connectivity index (χ0v) is 17.2. The highest BCUT2D eigenvalue weighted by Gasteiger charge is 2.22. The van der Waals surface area contributed by atoms with Crippen LogP contribution in [0.5, 0.6) is 5.75 Å². The van der Waals surface area contributed by atoms with Gasteiger partial charge in [0.15, 0.2) is 10.9 Å². The Labute approximate surface area is 171 Å². The first-order valence-electron chi connectivity index (χ1n) is 8.25. The number of carbonyl (C=O) groups excluding carboxylic acids is 1. The highest BCUT2D eigenvalue weighted by Crippen LogP contribution is 2.32. The largest absolute Gasteiger partial charge is 0.497 e. The number of fused-ring (bicyclic) bond motifs is 1. The van der Waals surface area contributed by atoms with Crippen molar-refractivity contribution < 1.29 is 18.3 Å². The maximum atomic E-state index is 14.0. The Morgan fingerprint density at radius 2 is 1.82 bits per heavy atom. The van der Waals surface area contributed by atoms with E-state index < -0.39 is 11.6 Å². The fourth-order valence-corrected chi connectivity index (χ4v) is 3.56. The van der Waals surface area contributed by atoms with Gasteiger partial charge < -0.3 is 9.64 Å². The van der Waals surface area contributed by atoms with Crippen LogP contribution in [-0.2, 0) is 0 Å². The van der Waals surface area contributed by atoms with E-state index in [1.807, 2.05) is 19.0 Å². The monoisotopic (exact) mass is 427 g/mol. The van der Waals surface area contributed by atoms with Gasteiger partial charge in [-0.3, -0.25) is 9.69 Å². The van der Waals surface area contributed by atoms with Crippen molar-refractivity contribution in [2.24, 2.45) is 0 Å². The molecule has 0 aliphatic carbocycles. The molecule has 0 N–H and O–H groups in total. The molecule has 0 bridgehead atoms. The molecule has 150 valence electrons. The van der Waals surface area contributed by atoms with Crippen LogP contribution in [0.15, 0.2) is 36.4 Å². The number of hydrogen-bond acceptors (Lipinski definition) is 5. The van der Waals surface area contributed by atoms with Gasteiger partial charge in [0.05, 0.1) is 11.8 Å². The van der Waals surface area contributed by atoms with Crippen molar-refractivity contribution in [3.05, 3.63) is 53.6 Å². The maximum absolute atomic E-state index is 14.0. The number of thiazole rings is 1. The van der Waals surface area contributed by atoms with Crippen LogP contribution < -0.4 is 9.64 Å². The summed E-state index contributed by atoms with van der Waals surface area (Å²) >= 11 is 1.09. The van der Waals surface area contributed by atoms with Gasteiger partial charge in [-0.15, -0.1) is 12.4 Å². The zero-order valence-electron chi connectivity index (χ0n) is 15.6. The fourth-order valence-electron chi connectivity index (χ4n) is 2.53. The quantitative estimate of drug-likeness (QED) is 0.591. The molecule has 0 fully saturated rings. The minimum Gasteiger partial charge on any atom is -0.497 e. The lowest BCUT2D eigenvalue weighted by atomic mass is 10.2. The van der Waals surface area contributed by atoms with E-state index in [4.69, 9.17) is 4.74 Å². The molecule has 3 rings (SSSR count). The van der Waals surface area contributed by atoms with Crippen molar-refractivity contribution in [3.8, 4) is 5.75 Å². The summed E-state index contributed by atoms with van der Waals surface area (Å²) in [4.78, 5) is 20.7. The lowest BCUT2D eigenvalue weighted by Crippen LogP contribution is -2.36. The predicted molar refractivity (Wildman–Crippen MR) is 110 cm³/mol. The molecule has 0 saturated heterocycles. The van der Waals surface area contributed by atoms with Gasteiger partial charge in [-0.05, 0) is 44.4 Å². The van der Waals surface area contributed by atoms with Crippen LogP contribution in [0.25, 0.3) is 10.2 Å². The zero-order chi connectivity index (χ0) is 19.6. The molecule has 1 amide bonds. The third-order valence-corrected chi connectivity index (χ3v) is 5.01. The summed E-state index contributed by atoms with van der Waals surface area (Å²) in [5, 5.41) is 0.331. The Kier molecular flexibility index (Phi) is 7.29. The summed E-state index contributed by atoms with van der Waals surface area (Å²) in [5.41, 5.74) is 0.522. The van der Waals surface area contributed by atoms with Crippen molar-refractivity contribution in [1.82, 2.24) is 9.88 Å². The summed E-state index contributed by atoms with van der Waals surface area (Å²) in [6.07, 6.45) is 0. The van der Waals surface area contributed by atoms with Gasteiger partial charge in [0.2, 0.25) is 0 Å². The minimum absolute atomic E-state index is 0. The number of ether oxygens (including phenoxy) is 1. The van der Waals surface area contributed by atoms with Crippen LogP contribution in [-0.4, -0.2) is 50.1 Å². The maximum Gasteiger partial charge on any atom is 0.260 e. The molecule has 0 saturated carbocycles. The van der Waals surface area contributed by atoms with E-state index in [-0.39, 0.29) is 23.8 Å². The van der Waals surface area contributed by atoms with Crippen LogP contribution in [0.3, 0.4) is 0 Å². The van der Waals surface area contributed by atoms with Crippen molar-refractivity contribution in [2.75, 3.05) is 39.2 Å². The van der Waals surface area contributed by atoms with Crippen molar-refractivity contribution >= 4 is 45.0 Å². The summed E-state index contributed by atoms with van der Waals surface area (Å²) in [6.45, 7) is 0.955. The fraction of sp³-hybridized carbons (Fsp3) is 0.263. The Hall–Kier alpha value is -2.29. The van der Waals surface area contributed by atoms with Gasteiger partial charge in [0.1, 0.15) is 17.1 Å². The number of methoxy groups -OCH3 is 1. The van der Waals surface area contributed by atoms with Gasteiger partial charge in [-0.1, -0.05) is 11.3 Å². The van der Waals surface area contributed by atoms with Gasteiger partial charge in [-0.25, -0.2) is 13.8 Å². The number of amides is 1. The van der Waals surface area contributed by atoms with Crippen LogP contribution in [0, 0.1) is 11.6 Å². The third kappa shape index (κ3) is 4.76.